The summed E-state index contributed by atoms with van der Waals surface area (Å²) >= 11 is 0. The largest absolute Gasteiger partial charge is 0.493 e. The predicted octanol–water partition coefficient (Wildman–Crippen LogP) is 1.63. The number of hydrogen-bond acceptors (Lipinski definition) is 4. The smallest absolute Gasteiger partial charge is 0.387 e. The van der Waals surface area contributed by atoms with Crippen molar-refractivity contribution in [2.75, 3.05) is 33.3 Å². The zero-order chi connectivity index (χ0) is 20.6. The van der Waals surface area contributed by atoms with Crippen LogP contribution in [0.15, 0.2) is 48.8 Å². The molecule has 8 heteroatoms. The van der Waals surface area contributed by atoms with E-state index in [1.165, 1.54) is 35.8 Å². The van der Waals surface area contributed by atoms with Gasteiger partial charge in [-0.05, 0) is 24.3 Å². The summed E-state index contributed by atoms with van der Waals surface area (Å²) in [6, 6.07) is 8.78. The molecule has 0 spiro atoms. The maximum Gasteiger partial charge on any atom is 0.387 e. The first-order valence-corrected chi connectivity index (χ1v) is 9.38. The topological polar surface area (TPSA) is 56.1 Å². The lowest BCUT2D eigenvalue weighted by Gasteiger charge is -2.31. The van der Waals surface area contributed by atoms with Crippen molar-refractivity contribution < 1.29 is 27.9 Å². The molecule has 0 radical (unpaired) electrons. The molecule has 1 fully saturated rings. The highest BCUT2D eigenvalue weighted by molar-refractivity contribution is 5.92. The summed E-state index contributed by atoms with van der Waals surface area (Å²) in [6.07, 6.45) is 6.44. The Morgan fingerprint density at radius 2 is 1.97 bits per heavy atom. The number of alkyl halides is 2. The number of rotatable bonds is 7. The van der Waals surface area contributed by atoms with Crippen LogP contribution in [0.2, 0.25) is 0 Å². The summed E-state index contributed by atoms with van der Waals surface area (Å²) in [5, 5.41) is 0. The summed E-state index contributed by atoms with van der Waals surface area (Å²) in [7, 11) is 1.38. The number of piperazine rings is 1. The number of aromatic nitrogens is 1. The lowest BCUT2D eigenvalue weighted by atomic mass is 10.1. The van der Waals surface area contributed by atoms with Gasteiger partial charge in [0.1, 0.15) is 6.54 Å². The Morgan fingerprint density at radius 1 is 1.24 bits per heavy atom. The minimum Gasteiger partial charge on any atom is -0.493 e. The van der Waals surface area contributed by atoms with E-state index in [9.17, 15) is 13.6 Å². The SMILES string of the molecule is COc1cccc(/C=C/C(=O)N2CC[NH+](Cc3ccncc3)CC2)c1OC(F)F. The minimum absolute atomic E-state index is 0.0827. The van der Waals surface area contributed by atoms with Crippen LogP contribution in [0.25, 0.3) is 6.08 Å². The lowest BCUT2D eigenvalue weighted by molar-refractivity contribution is -0.917. The van der Waals surface area contributed by atoms with Gasteiger partial charge in [0.25, 0.3) is 0 Å². The van der Waals surface area contributed by atoms with E-state index in [2.05, 4.69) is 9.72 Å². The molecule has 1 aromatic heterocycles. The fraction of sp³-hybridized carbons (Fsp3) is 0.333. The van der Waals surface area contributed by atoms with Crippen LogP contribution in [0.4, 0.5) is 8.78 Å². The summed E-state index contributed by atoms with van der Waals surface area (Å²) in [4.78, 5) is 19.7. The van der Waals surface area contributed by atoms with E-state index in [0.717, 1.165) is 19.6 Å². The van der Waals surface area contributed by atoms with E-state index < -0.39 is 6.61 Å². The van der Waals surface area contributed by atoms with Crippen molar-refractivity contribution in [3.8, 4) is 11.5 Å². The third kappa shape index (κ3) is 5.74. The first-order valence-electron chi connectivity index (χ1n) is 9.38. The molecule has 1 amide bonds. The lowest BCUT2D eigenvalue weighted by Crippen LogP contribution is -3.13. The number of pyridine rings is 1. The monoisotopic (exact) mass is 404 g/mol. The molecule has 3 rings (SSSR count). The van der Waals surface area contributed by atoms with E-state index >= 15 is 0 Å². The Hall–Kier alpha value is -3.00. The Morgan fingerprint density at radius 3 is 2.62 bits per heavy atom. The van der Waals surface area contributed by atoms with Gasteiger partial charge in [-0.25, -0.2) is 0 Å². The number of amides is 1. The van der Waals surface area contributed by atoms with E-state index in [1.54, 1.807) is 29.4 Å². The van der Waals surface area contributed by atoms with Crippen molar-refractivity contribution in [1.82, 2.24) is 9.88 Å². The van der Waals surface area contributed by atoms with E-state index in [0.29, 0.717) is 18.7 Å². The molecule has 1 aliphatic rings. The van der Waals surface area contributed by atoms with Crippen molar-refractivity contribution in [3.63, 3.8) is 0 Å². The molecule has 2 heterocycles. The highest BCUT2D eigenvalue weighted by Gasteiger charge is 2.22. The molecule has 2 aromatic rings. The van der Waals surface area contributed by atoms with Gasteiger partial charge in [-0.1, -0.05) is 12.1 Å². The molecule has 1 N–H and O–H groups in total. The van der Waals surface area contributed by atoms with Crippen LogP contribution in [-0.4, -0.2) is 55.7 Å². The Kier molecular flexibility index (Phi) is 7.13. The minimum atomic E-state index is -2.98. The van der Waals surface area contributed by atoms with Crippen LogP contribution in [0.3, 0.4) is 0 Å². The molecular weight excluding hydrogens is 380 g/mol. The van der Waals surface area contributed by atoms with Crippen LogP contribution in [0, 0.1) is 0 Å². The van der Waals surface area contributed by atoms with Crippen LogP contribution >= 0.6 is 0 Å². The zero-order valence-corrected chi connectivity index (χ0v) is 16.2. The van der Waals surface area contributed by atoms with Gasteiger partial charge in [-0.15, -0.1) is 0 Å². The summed E-state index contributed by atoms with van der Waals surface area (Å²) in [5.74, 6) is -0.0485. The fourth-order valence-corrected chi connectivity index (χ4v) is 3.32. The second kappa shape index (κ2) is 9.97. The first kappa shape index (κ1) is 20.7. The summed E-state index contributed by atoms with van der Waals surface area (Å²) in [5.41, 5.74) is 1.58. The zero-order valence-electron chi connectivity index (χ0n) is 16.2. The number of quaternary nitrogens is 1. The molecule has 0 saturated carbocycles. The van der Waals surface area contributed by atoms with Crippen LogP contribution in [-0.2, 0) is 11.3 Å². The number of carbonyl (C=O) groups is 1. The number of carbonyl (C=O) groups excluding carboxylic acids is 1. The number of nitrogens with one attached hydrogen (secondary N) is 1. The molecule has 1 aliphatic heterocycles. The standard InChI is InChI=1S/C21H23F2N3O3/c1-28-18-4-2-3-17(20(18)29-21(22)23)5-6-19(27)26-13-11-25(12-14-26)15-16-7-9-24-10-8-16/h2-10,21H,11-15H2,1H3/p+1/b6-5+. The highest BCUT2D eigenvalue weighted by atomic mass is 19.3. The van der Waals surface area contributed by atoms with Crippen molar-refractivity contribution in [1.29, 1.82) is 0 Å². The van der Waals surface area contributed by atoms with Gasteiger partial charge in [0.15, 0.2) is 11.5 Å². The van der Waals surface area contributed by atoms with Crippen molar-refractivity contribution in [2.24, 2.45) is 0 Å². The molecular formula is C21H24F2N3O3+. The number of ether oxygens (including phenoxy) is 2. The van der Waals surface area contributed by atoms with Crippen LogP contribution in [0.1, 0.15) is 11.1 Å². The fourth-order valence-electron chi connectivity index (χ4n) is 3.32. The second-order valence-electron chi connectivity index (χ2n) is 6.70. The molecule has 0 atom stereocenters. The van der Waals surface area contributed by atoms with Crippen molar-refractivity contribution in [3.05, 3.63) is 59.9 Å². The molecule has 1 saturated heterocycles. The molecule has 1 aromatic carbocycles. The Bertz CT molecular complexity index is 838. The van der Waals surface area contributed by atoms with E-state index in [4.69, 9.17) is 4.74 Å². The normalized spacial score (nSPS) is 15.1. The quantitative estimate of drug-likeness (QED) is 0.713. The number of para-hydroxylation sites is 1. The molecule has 6 nitrogen and oxygen atoms in total. The van der Waals surface area contributed by atoms with Crippen molar-refractivity contribution >= 4 is 12.0 Å². The van der Waals surface area contributed by atoms with Gasteiger partial charge in [0.05, 0.1) is 33.3 Å². The summed E-state index contributed by atoms with van der Waals surface area (Å²) < 4.78 is 35.1. The molecule has 154 valence electrons. The van der Waals surface area contributed by atoms with Gasteiger partial charge in [-0.2, -0.15) is 8.78 Å². The third-order valence-electron chi connectivity index (χ3n) is 4.83. The number of nitrogens with zero attached hydrogens (tertiary/aromatic N) is 2. The molecule has 0 aliphatic carbocycles. The van der Waals surface area contributed by atoms with Crippen LogP contribution in [0.5, 0.6) is 11.5 Å². The van der Waals surface area contributed by atoms with Gasteiger partial charge in [-0.3, -0.25) is 9.78 Å². The average molecular weight is 404 g/mol. The average Bonchev–Trinajstić information content (AvgIpc) is 2.73. The van der Waals surface area contributed by atoms with E-state index in [1.807, 2.05) is 12.1 Å². The maximum absolute atomic E-state index is 12.7. The number of benzene rings is 1. The Balaban J connectivity index is 1.59. The third-order valence-corrected chi connectivity index (χ3v) is 4.83. The molecule has 29 heavy (non-hydrogen) atoms. The maximum atomic E-state index is 12.7. The van der Waals surface area contributed by atoms with Crippen LogP contribution < -0.4 is 14.4 Å². The van der Waals surface area contributed by atoms with Gasteiger partial charge in [0.2, 0.25) is 5.91 Å². The van der Waals surface area contributed by atoms with Crippen molar-refractivity contribution in [2.45, 2.75) is 13.2 Å². The van der Waals surface area contributed by atoms with Gasteiger partial charge in [0, 0.05) is 29.6 Å². The van der Waals surface area contributed by atoms with E-state index in [-0.39, 0.29) is 17.4 Å². The molecule has 0 bridgehead atoms. The second-order valence-corrected chi connectivity index (χ2v) is 6.70. The van der Waals surface area contributed by atoms with Gasteiger partial charge >= 0.3 is 6.61 Å². The summed E-state index contributed by atoms with van der Waals surface area (Å²) in [6.45, 7) is 0.898. The first-order chi connectivity index (χ1) is 14.1. The predicted molar refractivity (Wildman–Crippen MR) is 104 cm³/mol. The Labute approximate surface area is 168 Å². The highest BCUT2D eigenvalue weighted by Crippen LogP contribution is 2.33. The molecule has 0 unspecified atom stereocenters. The van der Waals surface area contributed by atoms with Gasteiger partial charge < -0.3 is 19.3 Å². The number of methoxy groups -OCH3 is 1. The number of hydrogen-bond donors (Lipinski definition) is 1. The number of halogens is 2.